The van der Waals surface area contributed by atoms with Crippen molar-refractivity contribution >= 4 is 17.5 Å². The highest BCUT2D eigenvalue weighted by molar-refractivity contribution is 6.30. The third kappa shape index (κ3) is 3.13. The number of pyridine rings is 1. The zero-order chi connectivity index (χ0) is 20.1. The molecular weight excluding hydrogens is 389 g/mol. The summed E-state index contributed by atoms with van der Waals surface area (Å²) in [5.41, 5.74) is 8.29. The Morgan fingerprint density at radius 1 is 1.25 bits per heavy atom. The molecule has 0 fully saturated rings. The van der Waals surface area contributed by atoms with E-state index in [4.69, 9.17) is 17.3 Å². The molecule has 1 aliphatic rings. The van der Waals surface area contributed by atoms with E-state index in [1.165, 1.54) is 12.3 Å². The largest absolute Gasteiger partial charge is 0.433 e. The molecule has 4 nitrogen and oxygen atoms in total. The fraction of sp³-hybridized carbons (Fsp3) is 0.300. The van der Waals surface area contributed by atoms with Gasteiger partial charge in [0.2, 0.25) is 0 Å². The molecule has 2 aromatic heterocycles. The Kier molecular flexibility index (Phi) is 4.38. The van der Waals surface area contributed by atoms with Gasteiger partial charge < -0.3 is 10.3 Å². The van der Waals surface area contributed by atoms with Crippen molar-refractivity contribution in [3.63, 3.8) is 0 Å². The summed E-state index contributed by atoms with van der Waals surface area (Å²) >= 11 is 6.16. The minimum atomic E-state index is -4.46. The average Bonchev–Trinajstić information content (AvgIpc) is 3.16. The van der Waals surface area contributed by atoms with Gasteiger partial charge >= 0.3 is 6.18 Å². The third-order valence-electron chi connectivity index (χ3n) is 5.43. The van der Waals surface area contributed by atoms with Crippen LogP contribution in [0.25, 0.3) is 0 Å². The zero-order valence-corrected chi connectivity index (χ0v) is 15.8. The first kappa shape index (κ1) is 18.8. The van der Waals surface area contributed by atoms with E-state index in [-0.39, 0.29) is 0 Å². The van der Waals surface area contributed by atoms with Crippen LogP contribution in [0.4, 0.5) is 19.1 Å². The highest BCUT2D eigenvalue weighted by Gasteiger charge is 2.43. The summed E-state index contributed by atoms with van der Waals surface area (Å²) in [6.07, 6.45) is 0.771. The Hall–Kier alpha value is -2.54. The molecule has 146 valence electrons. The van der Waals surface area contributed by atoms with E-state index in [1.807, 2.05) is 31.4 Å². The molecule has 0 saturated heterocycles. The lowest BCUT2D eigenvalue weighted by molar-refractivity contribution is -0.141. The monoisotopic (exact) mass is 406 g/mol. The Labute approximate surface area is 165 Å². The van der Waals surface area contributed by atoms with Crippen molar-refractivity contribution in [3.05, 3.63) is 75.8 Å². The molecule has 2 heterocycles. The van der Waals surface area contributed by atoms with Crippen LogP contribution in [0.2, 0.25) is 5.02 Å². The van der Waals surface area contributed by atoms with Gasteiger partial charge in [-0.1, -0.05) is 23.7 Å². The van der Waals surface area contributed by atoms with Gasteiger partial charge in [0.05, 0.1) is 5.69 Å². The number of benzene rings is 1. The number of halogens is 4. The quantitative estimate of drug-likeness (QED) is 0.694. The number of hydrogen-bond donors (Lipinski definition) is 1. The lowest BCUT2D eigenvalue weighted by atomic mass is 9.74. The van der Waals surface area contributed by atoms with Crippen molar-refractivity contribution in [2.24, 2.45) is 7.05 Å². The smallest absolute Gasteiger partial charge is 0.369 e. The minimum Gasteiger partial charge on any atom is -0.369 e. The Morgan fingerprint density at radius 2 is 2.04 bits per heavy atom. The van der Waals surface area contributed by atoms with Crippen molar-refractivity contribution in [1.29, 1.82) is 0 Å². The Bertz CT molecular complexity index is 1010. The number of aryl methyl sites for hydroxylation is 2. The summed E-state index contributed by atoms with van der Waals surface area (Å²) in [6.45, 7) is 0. The van der Waals surface area contributed by atoms with Crippen molar-refractivity contribution in [1.82, 2.24) is 14.5 Å². The molecule has 28 heavy (non-hydrogen) atoms. The number of hydrogen-bond acceptors (Lipinski definition) is 3. The Balaban J connectivity index is 1.80. The summed E-state index contributed by atoms with van der Waals surface area (Å²) in [4.78, 5) is 8.16. The zero-order valence-electron chi connectivity index (χ0n) is 15.1. The summed E-state index contributed by atoms with van der Waals surface area (Å²) in [5.74, 6) is 0.391. The third-order valence-corrected chi connectivity index (χ3v) is 5.66. The topological polar surface area (TPSA) is 56.7 Å². The fourth-order valence-electron chi connectivity index (χ4n) is 4.02. The van der Waals surface area contributed by atoms with Gasteiger partial charge in [0.25, 0.3) is 0 Å². The molecule has 0 radical (unpaired) electrons. The van der Waals surface area contributed by atoms with Crippen molar-refractivity contribution in [2.75, 3.05) is 5.73 Å². The second-order valence-corrected chi connectivity index (χ2v) is 7.64. The lowest BCUT2D eigenvalue weighted by Gasteiger charge is -2.29. The van der Waals surface area contributed by atoms with Crippen LogP contribution in [-0.4, -0.2) is 14.5 Å². The molecular formula is C20H18ClF3N4. The first-order valence-corrected chi connectivity index (χ1v) is 9.17. The number of imidazole rings is 1. The predicted molar refractivity (Wildman–Crippen MR) is 101 cm³/mol. The molecule has 0 amide bonds. The number of nitrogens with two attached hydrogens (primary N) is 1. The van der Waals surface area contributed by atoms with Gasteiger partial charge in [-0.2, -0.15) is 13.2 Å². The van der Waals surface area contributed by atoms with Crippen LogP contribution in [0.3, 0.4) is 0 Å². The van der Waals surface area contributed by atoms with E-state index < -0.39 is 17.3 Å². The summed E-state index contributed by atoms with van der Waals surface area (Å²) in [5, 5.41) is 0.659. The van der Waals surface area contributed by atoms with Crippen LogP contribution in [0.15, 0.2) is 42.7 Å². The maximum atomic E-state index is 12.8. The number of alkyl halides is 3. The number of anilines is 1. The van der Waals surface area contributed by atoms with E-state index in [1.54, 1.807) is 4.57 Å². The number of nitrogen functional groups attached to an aromatic ring is 1. The van der Waals surface area contributed by atoms with Gasteiger partial charge in [-0.25, -0.2) is 4.98 Å². The normalized spacial score (nSPS) is 19.0. The fourth-order valence-corrected chi connectivity index (χ4v) is 4.21. The van der Waals surface area contributed by atoms with Crippen LogP contribution in [0.5, 0.6) is 0 Å². The van der Waals surface area contributed by atoms with Gasteiger partial charge in [-0.15, -0.1) is 0 Å². The van der Waals surface area contributed by atoms with Crippen molar-refractivity contribution in [2.45, 2.75) is 30.9 Å². The molecule has 0 aliphatic heterocycles. The summed E-state index contributed by atoms with van der Waals surface area (Å²) < 4.78 is 40.3. The maximum absolute atomic E-state index is 12.8. The first-order valence-electron chi connectivity index (χ1n) is 8.79. The van der Waals surface area contributed by atoms with E-state index in [0.717, 1.165) is 35.7 Å². The van der Waals surface area contributed by atoms with E-state index in [2.05, 4.69) is 9.97 Å². The van der Waals surface area contributed by atoms with Gasteiger partial charge in [-0.05, 0) is 54.2 Å². The Morgan fingerprint density at radius 3 is 2.64 bits per heavy atom. The molecule has 1 atom stereocenters. The van der Waals surface area contributed by atoms with Crippen molar-refractivity contribution in [3.8, 4) is 0 Å². The average molecular weight is 407 g/mol. The number of nitrogens with zero attached hydrogens (tertiary/aromatic N) is 3. The number of rotatable bonds is 3. The molecule has 1 aliphatic carbocycles. The molecule has 2 N–H and O–H groups in total. The van der Waals surface area contributed by atoms with Gasteiger partial charge in [0.15, 0.2) is 5.95 Å². The number of aromatic nitrogens is 3. The maximum Gasteiger partial charge on any atom is 0.433 e. The first-order chi connectivity index (χ1) is 13.2. The molecule has 8 heteroatoms. The second kappa shape index (κ2) is 6.51. The highest BCUT2D eigenvalue weighted by atomic mass is 35.5. The van der Waals surface area contributed by atoms with Gasteiger partial charge in [0, 0.05) is 29.9 Å². The van der Waals surface area contributed by atoms with E-state index in [0.29, 0.717) is 23.0 Å². The summed E-state index contributed by atoms with van der Waals surface area (Å²) in [6, 6.07) is 8.26. The molecule has 1 aromatic carbocycles. The molecule has 1 unspecified atom stereocenters. The summed E-state index contributed by atoms with van der Waals surface area (Å²) in [7, 11) is 1.82. The SMILES string of the molecule is Cn1cc(C2(Cc3ccc(C(F)(F)F)nc3)CCc3cc(Cl)ccc32)nc1N. The molecule has 4 rings (SSSR count). The van der Waals surface area contributed by atoms with Crippen LogP contribution in [0, 0.1) is 0 Å². The van der Waals surface area contributed by atoms with Crippen LogP contribution in [0.1, 0.15) is 34.5 Å². The van der Waals surface area contributed by atoms with Crippen LogP contribution < -0.4 is 5.73 Å². The van der Waals surface area contributed by atoms with E-state index in [9.17, 15) is 13.2 Å². The van der Waals surface area contributed by atoms with Crippen LogP contribution >= 0.6 is 11.6 Å². The standard InChI is InChI=1S/C20H18ClF3N4/c1-28-11-17(27-18(28)25)19(7-6-13-8-14(21)3-4-15(13)19)9-12-2-5-16(26-10-12)20(22,23)24/h2-5,8,10-11H,6-7,9H2,1H3,(H2,25,27). The minimum absolute atomic E-state index is 0.391. The molecule has 0 spiro atoms. The molecule has 3 aromatic rings. The van der Waals surface area contributed by atoms with Gasteiger partial charge in [-0.3, -0.25) is 4.98 Å². The van der Waals surface area contributed by atoms with Gasteiger partial charge in [0.1, 0.15) is 5.69 Å². The second-order valence-electron chi connectivity index (χ2n) is 7.21. The van der Waals surface area contributed by atoms with Crippen molar-refractivity contribution < 1.29 is 13.2 Å². The highest BCUT2D eigenvalue weighted by Crippen LogP contribution is 2.47. The molecule has 0 saturated carbocycles. The van der Waals surface area contributed by atoms with E-state index >= 15 is 0 Å². The number of fused-ring (bicyclic) bond motifs is 1. The molecule has 0 bridgehead atoms. The lowest BCUT2D eigenvalue weighted by Crippen LogP contribution is -2.28. The van der Waals surface area contributed by atoms with Crippen LogP contribution in [-0.2, 0) is 31.5 Å². The predicted octanol–water partition coefficient (Wildman–Crippen LogP) is 4.54.